The number of aromatic nitrogens is 3. The molecule has 3 N–H and O–H groups in total. The molecule has 0 spiro atoms. The Hall–Kier alpha value is -3.11. The van der Waals surface area contributed by atoms with Gasteiger partial charge < -0.3 is 15.6 Å². The lowest BCUT2D eigenvalue weighted by Gasteiger charge is -2.27. The number of nitriles is 1. The van der Waals surface area contributed by atoms with E-state index < -0.39 is 0 Å². The van der Waals surface area contributed by atoms with Gasteiger partial charge in [-0.1, -0.05) is 25.0 Å². The summed E-state index contributed by atoms with van der Waals surface area (Å²) in [7, 11) is 0. The van der Waals surface area contributed by atoms with Crippen molar-refractivity contribution in [2.24, 2.45) is 5.92 Å². The van der Waals surface area contributed by atoms with Crippen LogP contribution in [0.2, 0.25) is 0 Å². The Kier molecular flexibility index (Phi) is 5.01. The predicted octanol–water partition coefficient (Wildman–Crippen LogP) is 4.15. The summed E-state index contributed by atoms with van der Waals surface area (Å²) >= 11 is 0. The first-order valence-corrected chi connectivity index (χ1v) is 10.8. The number of pyridine rings is 1. The number of H-pyrrole nitrogens is 1. The molecule has 0 bridgehead atoms. The number of hydrogen-bond acceptors (Lipinski definition) is 5. The minimum atomic E-state index is -0.169. The number of benzene rings is 1. The van der Waals surface area contributed by atoms with Gasteiger partial charge in [-0.3, -0.25) is 9.48 Å². The number of nitrogens with zero attached hydrogens (tertiary/aromatic N) is 3. The van der Waals surface area contributed by atoms with Gasteiger partial charge in [-0.25, -0.2) is 0 Å². The highest BCUT2D eigenvalue weighted by molar-refractivity contribution is 5.91. The van der Waals surface area contributed by atoms with E-state index in [1.807, 2.05) is 22.9 Å². The highest BCUT2D eigenvalue weighted by Gasteiger charge is 2.29. The molecule has 3 unspecified atom stereocenters. The zero-order valence-corrected chi connectivity index (χ0v) is 16.9. The van der Waals surface area contributed by atoms with Crippen molar-refractivity contribution in [2.75, 3.05) is 11.9 Å². The van der Waals surface area contributed by atoms with Crippen LogP contribution in [0.25, 0.3) is 10.9 Å². The van der Waals surface area contributed by atoms with Crippen molar-refractivity contribution in [1.82, 2.24) is 20.1 Å². The van der Waals surface area contributed by atoms with Crippen LogP contribution < -0.4 is 16.2 Å². The second kappa shape index (κ2) is 7.96. The Morgan fingerprint density at radius 3 is 2.70 bits per heavy atom. The van der Waals surface area contributed by atoms with Crippen LogP contribution in [-0.4, -0.2) is 21.3 Å². The molecule has 2 aromatic heterocycles. The number of fused-ring (bicyclic) bond motifs is 1. The summed E-state index contributed by atoms with van der Waals surface area (Å²) in [4.78, 5) is 15.4. The quantitative estimate of drug-likeness (QED) is 0.609. The maximum absolute atomic E-state index is 12.6. The molecule has 1 saturated heterocycles. The van der Waals surface area contributed by atoms with Gasteiger partial charge in [0.1, 0.15) is 5.39 Å². The molecule has 1 aliphatic carbocycles. The van der Waals surface area contributed by atoms with Crippen LogP contribution in [0.4, 0.5) is 11.5 Å². The smallest absolute Gasteiger partial charge is 0.261 e. The van der Waals surface area contributed by atoms with Crippen LogP contribution in [0.1, 0.15) is 56.2 Å². The summed E-state index contributed by atoms with van der Waals surface area (Å²) in [6.07, 6.45) is 7.96. The van der Waals surface area contributed by atoms with Crippen molar-refractivity contribution in [3.63, 3.8) is 0 Å². The van der Waals surface area contributed by atoms with Gasteiger partial charge in [0.2, 0.25) is 0 Å². The zero-order valence-electron chi connectivity index (χ0n) is 16.9. The van der Waals surface area contributed by atoms with Gasteiger partial charge in [-0.2, -0.15) is 10.4 Å². The van der Waals surface area contributed by atoms with Gasteiger partial charge in [0.05, 0.1) is 23.5 Å². The van der Waals surface area contributed by atoms with Crippen LogP contribution in [-0.2, 0) is 0 Å². The molecule has 0 amide bonds. The molecule has 30 heavy (non-hydrogen) atoms. The molecule has 1 aliphatic heterocycles. The van der Waals surface area contributed by atoms with E-state index in [0.29, 0.717) is 17.2 Å². The summed E-state index contributed by atoms with van der Waals surface area (Å²) < 4.78 is 1.90. The van der Waals surface area contributed by atoms with E-state index in [0.717, 1.165) is 43.4 Å². The van der Waals surface area contributed by atoms with Crippen molar-refractivity contribution in [3.8, 4) is 6.07 Å². The van der Waals surface area contributed by atoms with Crippen LogP contribution in [0, 0.1) is 17.2 Å². The predicted molar refractivity (Wildman–Crippen MR) is 117 cm³/mol. The molecule has 2 aliphatic rings. The molecule has 7 nitrogen and oxygen atoms in total. The summed E-state index contributed by atoms with van der Waals surface area (Å²) in [5.74, 6) is 0.466. The lowest BCUT2D eigenvalue weighted by molar-refractivity contribution is 0.277. The zero-order chi connectivity index (χ0) is 20.5. The third kappa shape index (κ3) is 3.37. The van der Waals surface area contributed by atoms with E-state index in [1.165, 1.54) is 18.4 Å². The fourth-order valence-electron chi connectivity index (χ4n) is 4.90. The third-order valence-electron chi connectivity index (χ3n) is 6.48. The molecular weight excluding hydrogens is 376 g/mol. The molecule has 3 aromatic rings. The van der Waals surface area contributed by atoms with E-state index in [9.17, 15) is 10.1 Å². The lowest BCUT2D eigenvalue weighted by atomic mass is 9.85. The summed E-state index contributed by atoms with van der Waals surface area (Å²) in [5.41, 5.74) is 2.79. The number of nitrogens with one attached hydrogen (secondary N) is 3. The lowest BCUT2D eigenvalue weighted by Crippen LogP contribution is -2.23. The molecule has 2 fully saturated rings. The topological polar surface area (TPSA) is 98.5 Å². The number of anilines is 2. The minimum Gasteiger partial charge on any atom is -0.338 e. The van der Waals surface area contributed by atoms with Crippen LogP contribution in [0.5, 0.6) is 0 Å². The van der Waals surface area contributed by atoms with Gasteiger partial charge in [0, 0.05) is 17.9 Å². The Bertz CT molecular complexity index is 1130. The minimum absolute atomic E-state index is 0.000540. The van der Waals surface area contributed by atoms with Crippen molar-refractivity contribution < 1.29 is 0 Å². The van der Waals surface area contributed by atoms with Gasteiger partial charge in [0.25, 0.3) is 5.56 Å². The molecule has 154 valence electrons. The molecule has 1 saturated carbocycles. The molecule has 3 heterocycles. The highest BCUT2D eigenvalue weighted by Crippen LogP contribution is 2.36. The normalized spacial score (nSPS) is 24.0. The molecule has 7 heteroatoms. The Morgan fingerprint density at radius 1 is 1.10 bits per heavy atom. The van der Waals surface area contributed by atoms with Crippen molar-refractivity contribution in [3.05, 3.63) is 52.4 Å². The fourth-order valence-corrected chi connectivity index (χ4v) is 4.90. The fraction of sp³-hybridized carbons (Fsp3) is 0.435. The molecule has 3 atom stereocenters. The number of aromatic amines is 1. The van der Waals surface area contributed by atoms with E-state index in [-0.39, 0.29) is 17.5 Å². The Morgan fingerprint density at radius 2 is 1.93 bits per heavy atom. The average Bonchev–Trinajstić information content (AvgIpc) is 3.44. The maximum atomic E-state index is 12.6. The number of hydrogen-bond donors (Lipinski definition) is 3. The third-order valence-corrected chi connectivity index (χ3v) is 6.48. The van der Waals surface area contributed by atoms with Crippen molar-refractivity contribution in [1.29, 1.82) is 5.26 Å². The van der Waals surface area contributed by atoms with Crippen molar-refractivity contribution >= 4 is 22.4 Å². The standard InChI is InChI=1S/C23H26N6O/c24-14-16-4-1-2-6-19(16)29-20-11-13-26-23(30)21(20)22(28-29)27-17-9-7-15(8-10-17)18-5-3-12-25-18/h7-11,13,16,18-19,25H,1-6,12H2,(H,26,30)(H,27,28). The SMILES string of the molecule is N#CC1CCCCC1n1nc(Nc2ccc(C3CCCN3)cc2)c2c(=O)[nH]ccc21. The summed E-state index contributed by atoms with van der Waals surface area (Å²) in [6.45, 7) is 1.07. The van der Waals surface area contributed by atoms with E-state index >= 15 is 0 Å². The first-order valence-electron chi connectivity index (χ1n) is 10.8. The Balaban J connectivity index is 1.50. The van der Waals surface area contributed by atoms with E-state index in [2.05, 4.69) is 33.8 Å². The first kappa shape index (κ1) is 18.9. The van der Waals surface area contributed by atoms with Gasteiger partial charge in [-0.15, -0.1) is 0 Å². The largest absolute Gasteiger partial charge is 0.338 e. The number of rotatable bonds is 4. The van der Waals surface area contributed by atoms with Gasteiger partial charge in [-0.05, 0) is 56.0 Å². The second-order valence-corrected chi connectivity index (χ2v) is 8.34. The maximum Gasteiger partial charge on any atom is 0.261 e. The molecule has 5 rings (SSSR count). The second-order valence-electron chi connectivity index (χ2n) is 8.34. The van der Waals surface area contributed by atoms with Crippen LogP contribution in [0.15, 0.2) is 41.3 Å². The first-order chi connectivity index (χ1) is 14.7. The van der Waals surface area contributed by atoms with E-state index in [1.54, 1.807) is 6.20 Å². The van der Waals surface area contributed by atoms with E-state index in [4.69, 9.17) is 5.10 Å². The van der Waals surface area contributed by atoms with Crippen molar-refractivity contribution in [2.45, 2.75) is 50.6 Å². The highest BCUT2D eigenvalue weighted by atomic mass is 16.1. The molecule has 0 radical (unpaired) electrons. The summed E-state index contributed by atoms with van der Waals surface area (Å²) in [5, 5.41) is 21.8. The van der Waals surface area contributed by atoms with Gasteiger partial charge >= 0.3 is 0 Å². The average molecular weight is 403 g/mol. The van der Waals surface area contributed by atoms with Gasteiger partial charge in [0.15, 0.2) is 5.82 Å². The summed E-state index contributed by atoms with van der Waals surface area (Å²) in [6, 6.07) is 13.1. The molecule has 1 aromatic carbocycles. The molecular formula is C23H26N6O. The van der Waals surface area contributed by atoms with Crippen LogP contribution in [0.3, 0.4) is 0 Å². The van der Waals surface area contributed by atoms with Crippen LogP contribution >= 0.6 is 0 Å². The monoisotopic (exact) mass is 402 g/mol. The Labute approximate surface area is 175 Å².